The lowest BCUT2D eigenvalue weighted by molar-refractivity contribution is -0.144. The number of esters is 1. The van der Waals surface area contributed by atoms with Crippen molar-refractivity contribution in [2.75, 3.05) is 12.8 Å². The molecule has 1 aromatic rings. The topological polar surface area (TPSA) is 110 Å². The number of rotatable bonds is 6. The fourth-order valence-corrected chi connectivity index (χ4v) is 1.65. The summed E-state index contributed by atoms with van der Waals surface area (Å²) in [6, 6.07) is 8.37. The maximum atomic E-state index is 11.4. The average molecular weight is 273 g/mol. The quantitative estimate of drug-likeness (QED) is 0.507. The molecule has 0 radical (unpaired) electrons. The van der Waals surface area contributed by atoms with Gasteiger partial charge >= 0.3 is 13.6 Å². The summed E-state index contributed by atoms with van der Waals surface area (Å²) in [4.78, 5) is 28.6. The molecule has 6 nitrogen and oxygen atoms in total. The van der Waals surface area contributed by atoms with Gasteiger partial charge in [0, 0.05) is 0 Å². The van der Waals surface area contributed by atoms with Crippen LogP contribution >= 0.6 is 7.60 Å². The van der Waals surface area contributed by atoms with Gasteiger partial charge in [-0.15, -0.1) is 0 Å². The van der Waals surface area contributed by atoms with Gasteiger partial charge in [0.25, 0.3) is 0 Å². The molecule has 0 bridgehead atoms. The van der Waals surface area contributed by atoms with Gasteiger partial charge in [-0.2, -0.15) is 0 Å². The van der Waals surface area contributed by atoms with Gasteiger partial charge in [-0.05, 0) is 12.0 Å². The molecule has 0 spiro atoms. The lowest BCUT2D eigenvalue weighted by Crippen LogP contribution is -2.34. The molecule has 0 unspecified atom stereocenters. The van der Waals surface area contributed by atoms with E-state index in [-0.39, 0.29) is 6.61 Å². The zero-order chi connectivity index (χ0) is 13.6. The molecule has 0 fully saturated rings. The molecular weight excluding hydrogens is 257 g/mol. The van der Waals surface area contributed by atoms with Crippen LogP contribution in [-0.2, 0) is 20.5 Å². The molecule has 0 saturated heterocycles. The number of carbonyl (C=O) groups is 1. The molecule has 1 rings (SSSR count). The maximum Gasteiger partial charge on any atom is 0.328 e. The van der Waals surface area contributed by atoms with Gasteiger partial charge in [0.05, 0.1) is 6.16 Å². The average Bonchev–Trinajstić information content (AvgIpc) is 2.28. The molecule has 0 aromatic heterocycles. The van der Waals surface area contributed by atoms with Gasteiger partial charge in [0.2, 0.25) is 0 Å². The van der Waals surface area contributed by atoms with E-state index >= 15 is 0 Å². The zero-order valence-corrected chi connectivity index (χ0v) is 10.6. The van der Waals surface area contributed by atoms with E-state index in [1.165, 1.54) is 0 Å². The third-order valence-corrected chi connectivity index (χ3v) is 2.99. The highest BCUT2D eigenvalue weighted by molar-refractivity contribution is 7.51. The number of carbonyl (C=O) groups excluding carboxylic acids is 1. The summed E-state index contributed by atoms with van der Waals surface area (Å²) in [6.45, 7) is -0.328. The van der Waals surface area contributed by atoms with Crippen molar-refractivity contribution in [3.8, 4) is 0 Å². The van der Waals surface area contributed by atoms with Crippen molar-refractivity contribution >= 4 is 13.6 Å². The minimum atomic E-state index is -4.14. The molecule has 0 aliphatic rings. The Morgan fingerprint density at radius 3 is 2.50 bits per heavy atom. The van der Waals surface area contributed by atoms with Crippen LogP contribution in [0.15, 0.2) is 30.3 Å². The molecule has 18 heavy (non-hydrogen) atoms. The first-order chi connectivity index (χ1) is 8.38. The number of hydrogen-bond acceptors (Lipinski definition) is 4. The molecule has 1 aromatic carbocycles. The monoisotopic (exact) mass is 273 g/mol. The molecule has 100 valence electrons. The SMILES string of the molecule is N[C@@H](Cc1ccccc1)C(=O)OCCP(=O)(O)O. The van der Waals surface area contributed by atoms with E-state index in [9.17, 15) is 9.36 Å². The van der Waals surface area contributed by atoms with Crippen LogP contribution in [0.25, 0.3) is 0 Å². The van der Waals surface area contributed by atoms with Crippen molar-refractivity contribution in [3.05, 3.63) is 35.9 Å². The minimum Gasteiger partial charge on any atom is -0.464 e. The highest BCUT2D eigenvalue weighted by atomic mass is 31.2. The Bertz CT molecular complexity index is 430. The van der Waals surface area contributed by atoms with Crippen LogP contribution in [0.2, 0.25) is 0 Å². The second-order valence-electron chi connectivity index (χ2n) is 3.85. The summed E-state index contributed by atoms with van der Waals surface area (Å²) in [7, 11) is -4.14. The highest BCUT2D eigenvalue weighted by Crippen LogP contribution is 2.33. The molecule has 0 saturated carbocycles. The van der Waals surface area contributed by atoms with Gasteiger partial charge in [-0.1, -0.05) is 30.3 Å². The highest BCUT2D eigenvalue weighted by Gasteiger charge is 2.18. The second-order valence-corrected chi connectivity index (χ2v) is 5.63. The maximum absolute atomic E-state index is 11.4. The van der Waals surface area contributed by atoms with Crippen molar-refractivity contribution < 1.29 is 23.9 Å². The predicted molar refractivity (Wildman–Crippen MR) is 66.0 cm³/mol. The summed E-state index contributed by atoms with van der Waals surface area (Å²) in [6.07, 6.45) is -0.160. The molecule has 4 N–H and O–H groups in total. The molecule has 1 atom stereocenters. The molecule has 7 heteroatoms. The Kier molecular flexibility index (Phi) is 5.50. The van der Waals surface area contributed by atoms with Crippen molar-refractivity contribution in [1.29, 1.82) is 0 Å². The largest absolute Gasteiger partial charge is 0.464 e. The van der Waals surface area contributed by atoms with E-state index in [1.54, 1.807) is 0 Å². The molecular formula is C11H16NO5P. The Hall–Kier alpha value is -1.20. The van der Waals surface area contributed by atoms with Gasteiger partial charge < -0.3 is 20.3 Å². The first-order valence-electron chi connectivity index (χ1n) is 5.39. The fourth-order valence-electron chi connectivity index (χ4n) is 1.32. The Balaban J connectivity index is 2.36. The van der Waals surface area contributed by atoms with Gasteiger partial charge in [0.1, 0.15) is 12.6 Å². The van der Waals surface area contributed by atoms with E-state index in [0.29, 0.717) is 6.42 Å². The van der Waals surface area contributed by atoms with Gasteiger partial charge in [-0.3, -0.25) is 9.36 Å². The lowest BCUT2D eigenvalue weighted by atomic mass is 10.1. The zero-order valence-electron chi connectivity index (χ0n) is 9.73. The first kappa shape index (κ1) is 14.9. The third kappa shape index (κ3) is 5.93. The van der Waals surface area contributed by atoms with Gasteiger partial charge in [-0.25, -0.2) is 0 Å². The Labute approximate surface area is 105 Å². The fraction of sp³-hybridized carbons (Fsp3) is 0.364. The molecule has 0 aliphatic heterocycles. The third-order valence-electron chi connectivity index (χ3n) is 2.23. The van der Waals surface area contributed by atoms with Crippen LogP contribution in [0.3, 0.4) is 0 Å². The normalized spacial score (nSPS) is 13.1. The van der Waals surface area contributed by atoms with Crippen molar-refractivity contribution in [2.24, 2.45) is 5.73 Å². The number of nitrogens with two attached hydrogens (primary N) is 1. The van der Waals surface area contributed by atoms with Crippen molar-refractivity contribution in [1.82, 2.24) is 0 Å². The smallest absolute Gasteiger partial charge is 0.328 e. The van der Waals surface area contributed by atoms with Crippen LogP contribution in [0.5, 0.6) is 0 Å². The Morgan fingerprint density at radius 1 is 1.33 bits per heavy atom. The standard InChI is InChI=1S/C11H16NO5P/c12-10(8-9-4-2-1-3-5-9)11(13)17-6-7-18(14,15)16/h1-5,10H,6-8,12H2,(H2,14,15,16)/t10-/m0/s1. The van der Waals surface area contributed by atoms with Crippen LogP contribution in [0.4, 0.5) is 0 Å². The number of ether oxygens (including phenoxy) is 1. The van der Waals surface area contributed by atoms with Crippen LogP contribution in [-0.4, -0.2) is 34.6 Å². The summed E-state index contributed by atoms with van der Waals surface area (Å²) in [5.41, 5.74) is 6.53. The summed E-state index contributed by atoms with van der Waals surface area (Å²) >= 11 is 0. The number of hydrogen-bond donors (Lipinski definition) is 3. The van der Waals surface area contributed by atoms with Crippen molar-refractivity contribution in [3.63, 3.8) is 0 Å². The first-order valence-corrected chi connectivity index (χ1v) is 7.19. The van der Waals surface area contributed by atoms with E-state index in [1.807, 2.05) is 30.3 Å². The lowest BCUT2D eigenvalue weighted by Gasteiger charge is -2.11. The summed E-state index contributed by atoms with van der Waals surface area (Å²) in [5.74, 6) is -0.660. The molecule has 0 heterocycles. The van der Waals surface area contributed by atoms with E-state index in [2.05, 4.69) is 0 Å². The van der Waals surface area contributed by atoms with Crippen LogP contribution in [0, 0.1) is 0 Å². The predicted octanol–water partition coefficient (Wildman–Crippen LogP) is 0.277. The van der Waals surface area contributed by atoms with E-state index in [0.717, 1.165) is 5.56 Å². The second kappa shape index (κ2) is 6.66. The Morgan fingerprint density at radius 2 is 1.94 bits per heavy atom. The molecule has 0 amide bonds. The summed E-state index contributed by atoms with van der Waals surface area (Å²) in [5, 5.41) is 0. The summed E-state index contributed by atoms with van der Waals surface area (Å²) < 4.78 is 15.2. The molecule has 0 aliphatic carbocycles. The van der Waals surface area contributed by atoms with E-state index in [4.69, 9.17) is 20.3 Å². The van der Waals surface area contributed by atoms with Gasteiger partial charge in [0.15, 0.2) is 0 Å². The van der Waals surface area contributed by atoms with Crippen molar-refractivity contribution in [2.45, 2.75) is 12.5 Å². The van der Waals surface area contributed by atoms with Crippen LogP contribution in [0.1, 0.15) is 5.56 Å². The minimum absolute atomic E-state index is 0.328. The van der Waals surface area contributed by atoms with E-state index < -0.39 is 25.8 Å². The number of benzene rings is 1. The van der Waals surface area contributed by atoms with Crippen LogP contribution < -0.4 is 5.73 Å².